The molecule has 0 spiro atoms. The van der Waals surface area contributed by atoms with Gasteiger partial charge in [-0.2, -0.15) is 12.7 Å². The largest absolute Gasteiger partial charge is 0.379 e. The minimum Gasteiger partial charge on any atom is -0.229 e. The van der Waals surface area contributed by atoms with Crippen LogP contribution in [-0.2, 0) is 16.8 Å². The summed E-state index contributed by atoms with van der Waals surface area (Å²) in [6.07, 6.45) is 5.52. The molecule has 0 atom stereocenters. The maximum atomic E-state index is 12.5. The van der Waals surface area contributed by atoms with Crippen LogP contribution in [0.1, 0.15) is 19.8 Å². The van der Waals surface area contributed by atoms with Gasteiger partial charge in [0.25, 0.3) is 0 Å². The van der Waals surface area contributed by atoms with E-state index in [9.17, 15) is 8.42 Å². The Balaban J connectivity index is 2.60. The van der Waals surface area contributed by atoms with Gasteiger partial charge in [0, 0.05) is 14.1 Å². The summed E-state index contributed by atoms with van der Waals surface area (Å²) >= 11 is 0. The molecule has 0 aliphatic rings. The van der Waals surface area contributed by atoms with E-state index in [0.717, 1.165) is 24.9 Å². The highest BCUT2D eigenvalue weighted by atomic mass is 32.2. The monoisotopic (exact) mass is 308 g/mol. The summed E-state index contributed by atoms with van der Waals surface area (Å²) in [5.74, 6) is 0.692. The first-order valence-corrected chi connectivity index (χ1v) is 8.47. The van der Waals surface area contributed by atoms with Crippen LogP contribution in [0.25, 0.3) is 11.4 Å². The predicted octanol–water partition coefficient (Wildman–Crippen LogP) is 1.90. The van der Waals surface area contributed by atoms with Gasteiger partial charge in [0.2, 0.25) is 0 Å². The molecule has 0 radical (unpaired) electrons. The van der Waals surface area contributed by atoms with Crippen LogP contribution in [0.4, 0.5) is 0 Å². The number of nitrogens with zero attached hydrogens (tertiary/aromatic N) is 3. The van der Waals surface area contributed by atoms with Gasteiger partial charge in [0.15, 0.2) is 0 Å². The SMILES string of the molecule is CCCC[n+]1ccn(S(=O)(=O)N(C)C)c1-c1ccccc1. The number of rotatable bonds is 6. The topological polar surface area (TPSA) is 46.2 Å². The molecule has 0 amide bonds. The van der Waals surface area contributed by atoms with Crippen LogP contribution in [0.3, 0.4) is 0 Å². The van der Waals surface area contributed by atoms with Crippen LogP contribution in [0.5, 0.6) is 0 Å². The summed E-state index contributed by atoms with van der Waals surface area (Å²) in [7, 11) is -0.446. The fraction of sp³-hybridized carbons (Fsp3) is 0.400. The van der Waals surface area contributed by atoms with Gasteiger partial charge >= 0.3 is 16.0 Å². The molecule has 21 heavy (non-hydrogen) atoms. The van der Waals surface area contributed by atoms with Gasteiger partial charge in [-0.15, -0.1) is 3.97 Å². The summed E-state index contributed by atoms with van der Waals surface area (Å²) in [5.41, 5.74) is 0.893. The van der Waals surface area contributed by atoms with E-state index in [1.54, 1.807) is 20.3 Å². The zero-order valence-electron chi connectivity index (χ0n) is 12.7. The van der Waals surface area contributed by atoms with E-state index in [-0.39, 0.29) is 0 Å². The number of aryl methyl sites for hydroxylation is 1. The van der Waals surface area contributed by atoms with E-state index in [0.29, 0.717) is 5.82 Å². The number of imidazole rings is 1. The van der Waals surface area contributed by atoms with E-state index in [1.807, 2.05) is 41.1 Å². The zero-order chi connectivity index (χ0) is 15.5. The van der Waals surface area contributed by atoms with Crippen LogP contribution in [0.15, 0.2) is 42.7 Å². The Labute approximate surface area is 126 Å². The Morgan fingerprint density at radius 1 is 1.19 bits per heavy atom. The standard InChI is InChI=1S/C15H22N3O2S/c1-4-5-11-17-12-13-18(21(19,20)16(2)3)15(17)14-9-7-6-8-10-14/h6-10,12-13H,4-5,11H2,1-3H3/q+1. The third kappa shape index (κ3) is 3.16. The molecule has 1 aromatic carbocycles. The molecule has 0 aliphatic heterocycles. The third-order valence-electron chi connectivity index (χ3n) is 3.36. The van der Waals surface area contributed by atoms with Crippen LogP contribution >= 0.6 is 0 Å². The molecule has 1 heterocycles. The first-order chi connectivity index (χ1) is 9.98. The van der Waals surface area contributed by atoms with Crippen molar-refractivity contribution in [2.24, 2.45) is 0 Å². The molecule has 0 saturated heterocycles. The van der Waals surface area contributed by atoms with Crippen molar-refractivity contribution < 1.29 is 13.0 Å². The molecule has 114 valence electrons. The third-order valence-corrected chi connectivity index (χ3v) is 5.07. The molecule has 2 aromatic rings. The molecular formula is C15H22N3O2S+. The number of hydrogen-bond acceptors (Lipinski definition) is 2. The second kappa shape index (κ2) is 6.41. The van der Waals surface area contributed by atoms with Crippen molar-refractivity contribution in [2.75, 3.05) is 14.1 Å². The molecule has 2 rings (SSSR count). The molecule has 1 aromatic heterocycles. The predicted molar refractivity (Wildman–Crippen MR) is 83.0 cm³/mol. The molecule has 0 fully saturated rings. The Hall–Kier alpha value is -1.66. The van der Waals surface area contributed by atoms with Crippen molar-refractivity contribution in [3.63, 3.8) is 0 Å². The Bertz CT molecular complexity index is 691. The number of unbranched alkanes of at least 4 members (excludes halogenated alkanes) is 1. The van der Waals surface area contributed by atoms with Crippen molar-refractivity contribution in [1.82, 2.24) is 8.28 Å². The van der Waals surface area contributed by atoms with Gasteiger partial charge in [-0.3, -0.25) is 0 Å². The van der Waals surface area contributed by atoms with Crippen molar-refractivity contribution in [3.05, 3.63) is 42.7 Å². The molecule has 6 heteroatoms. The van der Waals surface area contributed by atoms with E-state index in [1.165, 1.54) is 8.28 Å². The number of hydrogen-bond donors (Lipinski definition) is 0. The molecule has 5 nitrogen and oxygen atoms in total. The summed E-state index contributed by atoms with van der Waals surface area (Å²) in [5, 5.41) is 0. The fourth-order valence-corrected chi connectivity index (χ4v) is 3.15. The average Bonchev–Trinajstić information content (AvgIpc) is 2.90. The van der Waals surface area contributed by atoms with Gasteiger partial charge in [-0.1, -0.05) is 31.5 Å². The summed E-state index contributed by atoms with van der Waals surface area (Å²) < 4.78 is 29.5. The minimum atomic E-state index is -3.53. The van der Waals surface area contributed by atoms with Gasteiger partial charge < -0.3 is 0 Å². The van der Waals surface area contributed by atoms with Crippen molar-refractivity contribution in [2.45, 2.75) is 26.3 Å². The lowest BCUT2D eigenvalue weighted by atomic mass is 10.2. The highest BCUT2D eigenvalue weighted by Gasteiger charge is 2.30. The van der Waals surface area contributed by atoms with Crippen molar-refractivity contribution >= 4 is 10.2 Å². The van der Waals surface area contributed by atoms with Crippen LogP contribution in [0.2, 0.25) is 0 Å². The van der Waals surface area contributed by atoms with E-state index in [4.69, 9.17) is 0 Å². The molecule has 0 saturated carbocycles. The Morgan fingerprint density at radius 3 is 2.43 bits per heavy atom. The van der Waals surface area contributed by atoms with Crippen LogP contribution in [-0.4, -0.2) is 30.8 Å². The van der Waals surface area contributed by atoms with E-state index >= 15 is 0 Å². The number of aromatic nitrogens is 2. The maximum absolute atomic E-state index is 12.5. The highest BCUT2D eigenvalue weighted by Crippen LogP contribution is 2.18. The summed E-state index contributed by atoms with van der Waals surface area (Å²) in [4.78, 5) is 0. The first-order valence-electron chi connectivity index (χ1n) is 7.07. The zero-order valence-corrected chi connectivity index (χ0v) is 13.5. The smallest absolute Gasteiger partial charge is 0.229 e. The van der Waals surface area contributed by atoms with E-state index in [2.05, 4.69) is 6.92 Å². The molecule has 0 bridgehead atoms. The average molecular weight is 308 g/mol. The quantitative estimate of drug-likeness (QED) is 0.765. The highest BCUT2D eigenvalue weighted by molar-refractivity contribution is 7.87. The molecular weight excluding hydrogens is 286 g/mol. The van der Waals surface area contributed by atoms with Gasteiger partial charge in [0.1, 0.15) is 12.4 Å². The number of benzene rings is 1. The molecule has 0 aliphatic carbocycles. The first kappa shape index (κ1) is 15.7. The maximum Gasteiger partial charge on any atom is 0.379 e. The van der Waals surface area contributed by atoms with Crippen LogP contribution in [0, 0.1) is 0 Å². The summed E-state index contributed by atoms with van der Waals surface area (Å²) in [6, 6.07) is 9.62. The van der Waals surface area contributed by atoms with E-state index < -0.39 is 10.2 Å². The van der Waals surface area contributed by atoms with Gasteiger partial charge in [0.05, 0.1) is 12.1 Å². The lowest BCUT2D eigenvalue weighted by Crippen LogP contribution is -2.37. The lowest BCUT2D eigenvalue weighted by molar-refractivity contribution is -0.685. The Morgan fingerprint density at radius 2 is 1.86 bits per heavy atom. The minimum absolute atomic E-state index is 0.692. The lowest BCUT2D eigenvalue weighted by Gasteiger charge is -2.10. The van der Waals surface area contributed by atoms with Gasteiger partial charge in [-0.25, -0.2) is 4.57 Å². The van der Waals surface area contributed by atoms with Gasteiger partial charge in [-0.05, 0) is 18.6 Å². The van der Waals surface area contributed by atoms with Crippen molar-refractivity contribution in [1.29, 1.82) is 0 Å². The Kier molecular flexibility index (Phi) is 4.80. The van der Waals surface area contributed by atoms with Crippen LogP contribution < -0.4 is 4.57 Å². The normalized spacial score (nSPS) is 12.0. The second-order valence-corrected chi connectivity index (χ2v) is 7.14. The van der Waals surface area contributed by atoms with Crippen molar-refractivity contribution in [3.8, 4) is 11.4 Å². The fourth-order valence-electron chi connectivity index (χ4n) is 2.16. The second-order valence-electron chi connectivity index (χ2n) is 5.12. The molecule has 0 N–H and O–H groups in total. The molecule has 0 unspecified atom stereocenters. The summed E-state index contributed by atoms with van der Waals surface area (Å²) in [6.45, 7) is 2.92.